The molecule has 0 amide bonds. The van der Waals surface area contributed by atoms with Gasteiger partial charge >= 0.3 is 0 Å². The van der Waals surface area contributed by atoms with Crippen molar-refractivity contribution < 1.29 is 4.74 Å². The van der Waals surface area contributed by atoms with Crippen LogP contribution in [-0.4, -0.2) is 17.1 Å². The number of nitrogens with zero attached hydrogens (tertiary/aromatic N) is 1. The van der Waals surface area contributed by atoms with Crippen LogP contribution in [0.2, 0.25) is 0 Å². The van der Waals surface area contributed by atoms with Crippen molar-refractivity contribution in [2.45, 2.75) is 38.3 Å². The number of benzene rings is 2. The highest BCUT2D eigenvalue weighted by Gasteiger charge is 2.33. The maximum absolute atomic E-state index is 6.12. The highest BCUT2D eigenvalue weighted by atomic mass is 16.5. The van der Waals surface area contributed by atoms with Gasteiger partial charge in [-0.3, -0.25) is 4.98 Å². The van der Waals surface area contributed by atoms with E-state index >= 15 is 0 Å². The summed E-state index contributed by atoms with van der Waals surface area (Å²) in [6.07, 6.45) is 3.81. The Morgan fingerprint density at radius 2 is 1.92 bits per heavy atom. The molecule has 1 N–H and O–H groups in total. The number of hydrogen-bond acceptors (Lipinski definition) is 3. The monoisotopic (exact) mass is 332 g/mol. The molecule has 1 aliphatic rings. The number of fused-ring (bicyclic) bond motifs is 2. The van der Waals surface area contributed by atoms with E-state index < -0.39 is 0 Å². The molecule has 0 saturated carbocycles. The minimum absolute atomic E-state index is 0.146. The zero-order valence-electron chi connectivity index (χ0n) is 14.8. The van der Waals surface area contributed by atoms with Crippen LogP contribution in [0.5, 0.6) is 5.75 Å². The van der Waals surface area contributed by atoms with E-state index in [4.69, 9.17) is 4.74 Å². The summed E-state index contributed by atoms with van der Waals surface area (Å²) >= 11 is 0. The van der Waals surface area contributed by atoms with Crippen molar-refractivity contribution in [2.75, 3.05) is 6.54 Å². The van der Waals surface area contributed by atoms with Crippen molar-refractivity contribution in [1.29, 1.82) is 0 Å². The molecule has 3 aromatic rings. The second-order valence-electron chi connectivity index (χ2n) is 7.35. The van der Waals surface area contributed by atoms with Crippen LogP contribution in [0.15, 0.2) is 60.8 Å². The molecule has 1 aromatic heterocycles. The van der Waals surface area contributed by atoms with E-state index in [1.807, 2.05) is 18.3 Å². The highest BCUT2D eigenvalue weighted by Crippen LogP contribution is 2.39. The number of nitrogens with one attached hydrogen (secondary N) is 1. The van der Waals surface area contributed by atoms with E-state index in [0.717, 1.165) is 30.7 Å². The summed E-state index contributed by atoms with van der Waals surface area (Å²) in [5, 5.41) is 4.94. The van der Waals surface area contributed by atoms with E-state index in [2.05, 4.69) is 66.6 Å². The van der Waals surface area contributed by atoms with E-state index in [1.54, 1.807) is 0 Å². The molecule has 0 bridgehead atoms. The Kier molecular flexibility index (Phi) is 4.18. The molecule has 0 saturated heterocycles. The van der Waals surface area contributed by atoms with Gasteiger partial charge in [-0.15, -0.1) is 0 Å². The Morgan fingerprint density at radius 1 is 1.08 bits per heavy atom. The van der Waals surface area contributed by atoms with Gasteiger partial charge in [0.2, 0.25) is 0 Å². The molecule has 1 unspecified atom stereocenters. The fraction of sp³-hybridized carbons (Fsp3) is 0.318. The first kappa shape index (κ1) is 16.1. The average Bonchev–Trinajstić information content (AvgIpc) is 2.61. The van der Waals surface area contributed by atoms with Crippen molar-refractivity contribution in [3.63, 3.8) is 0 Å². The zero-order valence-corrected chi connectivity index (χ0v) is 14.8. The Labute approximate surface area is 149 Å². The fourth-order valence-electron chi connectivity index (χ4n) is 3.73. The van der Waals surface area contributed by atoms with Crippen LogP contribution in [0.25, 0.3) is 10.9 Å². The molecule has 0 aliphatic carbocycles. The molecular weight excluding hydrogens is 308 g/mol. The quantitative estimate of drug-likeness (QED) is 0.754. The third kappa shape index (κ3) is 3.38. The summed E-state index contributed by atoms with van der Waals surface area (Å²) in [6.45, 7) is 5.24. The first-order chi connectivity index (χ1) is 12.1. The van der Waals surface area contributed by atoms with Gasteiger partial charge in [0.15, 0.2) is 0 Å². The van der Waals surface area contributed by atoms with Gasteiger partial charge in [0.25, 0.3) is 0 Å². The second-order valence-corrected chi connectivity index (χ2v) is 7.35. The maximum atomic E-state index is 6.12. The summed E-state index contributed by atoms with van der Waals surface area (Å²) in [5.41, 5.74) is 3.52. The summed E-state index contributed by atoms with van der Waals surface area (Å²) in [7, 11) is 0. The van der Waals surface area contributed by atoms with Gasteiger partial charge in [0, 0.05) is 29.6 Å². The fourth-order valence-corrected chi connectivity index (χ4v) is 3.73. The third-order valence-electron chi connectivity index (χ3n) is 4.88. The number of ether oxygens (including phenoxy) is 1. The SMILES string of the molecule is CC1(C)CC(NCCc2cccc3cccnc23)c2ccccc2O1. The van der Waals surface area contributed by atoms with Crippen LogP contribution < -0.4 is 10.1 Å². The number of aromatic nitrogens is 1. The van der Waals surface area contributed by atoms with Crippen LogP contribution >= 0.6 is 0 Å². The molecule has 4 rings (SSSR count). The van der Waals surface area contributed by atoms with Crippen LogP contribution in [0.1, 0.15) is 37.4 Å². The molecule has 25 heavy (non-hydrogen) atoms. The number of para-hydroxylation sites is 2. The normalized spacial score (nSPS) is 18.6. The zero-order chi connectivity index (χ0) is 17.3. The number of hydrogen-bond donors (Lipinski definition) is 1. The lowest BCUT2D eigenvalue weighted by Gasteiger charge is -2.38. The molecule has 0 spiro atoms. The van der Waals surface area contributed by atoms with Gasteiger partial charge in [0.1, 0.15) is 11.4 Å². The largest absolute Gasteiger partial charge is 0.487 e. The molecule has 3 heteroatoms. The maximum Gasteiger partial charge on any atom is 0.124 e. The first-order valence-corrected chi connectivity index (χ1v) is 8.96. The Hall–Kier alpha value is -2.39. The summed E-state index contributed by atoms with van der Waals surface area (Å²) in [4.78, 5) is 4.56. The molecule has 1 atom stereocenters. The lowest BCUT2D eigenvalue weighted by molar-refractivity contribution is 0.0662. The summed E-state index contributed by atoms with van der Waals surface area (Å²) < 4.78 is 6.12. The molecule has 2 heterocycles. The number of rotatable bonds is 4. The molecule has 0 fully saturated rings. The number of pyridine rings is 1. The predicted molar refractivity (Wildman–Crippen MR) is 102 cm³/mol. The van der Waals surface area contributed by atoms with E-state index in [1.165, 1.54) is 16.5 Å². The first-order valence-electron chi connectivity index (χ1n) is 8.96. The third-order valence-corrected chi connectivity index (χ3v) is 4.88. The van der Waals surface area contributed by atoms with E-state index in [-0.39, 0.29) is 5.60 Å². The molecular formula is C22H24N2O. The highest BCUT2D eigenvalue weighted by molar-refractivity contribution is 5.81. The van der Waals surface area contributed by atoms with Gasteiger partial charge < -0.3 is 10.1 Å². The van der Waals surface area contributed by atoms with Gasteiger partial charge in [-0.25, -0.2) is 0 Å². The predicted octanol–water partition coefficient (Wildman–Crippen LogP) is 4.67. The van der Waals surface area contributed by atoms with Crippen LogP contribution in [-0.2, 0) is 6.42 Å². The van der Waals surface area contributed by atoms with Gasteiger partial charge in [-0.05, 0) is 44.5 Å². The minimum Gasteiger partial charge on any atom is -0.487 e. The average molecular weight is 332 g/mol. The standard InChI is InChI=1S/C22H24N2O/c1-22(2)15-19(18-10-3-4-11-20(18)25-22)23-14-12-17-8-5-7-16-9-6-13-24-21(16)17/h3-11,13,19,23H,12,14-15H2,1-2H3. The van der Waals surface area contributed by atoms with Crippen molar-refractivity contribution in [3.8, 4) is 5.75 Å². The Bertz CT molecular complexity index is 883. The molecule has 3 nitrogen and oxygen atoms in total. The van der Waals surface area contributed by atoms with Crippen LogP contribution in [0.4, 0.5) is 0 Å². The Morgan fingerprint density at radius 3 is 2.84 bits per heavy atom. The second kappa shape index (κ2) is 6.49. The van der Waals surface area contributed by atoms with E-state index in [0.29, 0.717) is 6.04 Å². The lowest BCUT2D eigenvalue weighted by atomic mass is 9.89. The minimum atomic E-state index is -0.146. The molecule has 128 valence electrons. The lowest BCUT2D eigenvalue weighted by Crippen LogP contribution is -2.40. The van der Waals surface area contributed by atoms with Crippen molar-refractivity contribution in [3.05, 3.63) is 71.9 Å². The van der Waals surface area contributed by atoms with Crippen molar-refractivity contribution in [1.82, 2.24) is 10.3 Å². The molecule has 1 aliphatic heterocycles. The molecule has 2 aromatic carbocycles. The van der Waals surface area contributed by atoms with Crippen molar-refractivity contribution in [2.24, 2.45) is 0 Å². The van der Waals surface area contributed by atoms with Gasteiger partial charge in [0.05, 0.1) is 5.52 Å². The topological polar surface area (TPSA) is 34.2 Å². The summed E-state index contributed by atoms with van der Waals surface area (Å²) in [6, 6.07) is 19.2. The van der Waals surface area contributed by atoms with Gasteiger partial charge in [-0.2, -0.15) is 0 Å². The van der Waals surface area contributed by atoms with Crippen LogP contribution in [0.3, 0.4) is 0 Å². The Balaban J connectivity index is 1.50. The molecule has 0 radical (unpaired) electrons. The van der Waals surface area contributed by atoms with Crippen LogP contribution in [0, 0.1) is 0 Å². The van der Waals surface area contributed by atoms with Crippen molar-refractivity contribution >= 4 is 10.9 Å². The smallest absolute Gasteiger partial charge is 0.124 e. The van der Waals surface area contributed by atoms with Gasteiger partial charge in [-0.1, -0.05) is 42.5 Å². The summed E-state index contributed by atoms with van der Waals surface area (Å²) in [5.74, 6) is 1.00. The van der Waals surface area contributed by atoms with E-state index in [9.17, 15) is 0 Å².